The summed E-state index contributed by atoms with van der Waals surface area (Å²) in [6.45, 7) is 0.0510. The molecule has 0 saturated heterocycles. The lowest BCUT2D eigenvalue weighted by Crippen LogP contribution is -2.21. The van der Waals surface area contributed by atoms with E-state index in [1.807, 2.05) is 0 Å². The van der Waals surface area contributed by atoms with Gasteiger partial charge in [0.25, 0.3) is 0 Å². The van der Waals surface area contributed by atoms with Crippen LogP contribution in [0.4, 0.5) is 11.4 Å². The van der Waals surface area contributed by atoms with E-state index in [4.69, 9.17) is 23.2 Å². The third kappa shape index (κ3) is 5.16. The van der Waals surface area contributed by atoms with Gasteiger partial charge < -0.3 is 15.4 Å². The van der Waals surface area contributed by atoms with Crippen molar-refractivity contribution in [1.29, 1.82) is 0 Å². The number of ether oxygens (including phenoxy) is 1. The van der Waals surface area contributed by atoms with Gasteiger partial charge >= 0.3 is 5.97 Å². The molecule has 2 rings (SSSR count). The minimum atomic E-state index is -0.428. The number of carbonyl (C=O) groups is 2. The molecule has 2 aromatic rings. The lowest BCUT2D eigenvalue weighted by Gasteiger charge is -2.09. The van der Waals surface area contributed by atoms with E-state index in [1.54, 1.807) is 42.5 Å². The maximum Gasteiger partial charge on any atom is 0.337 e. The van der Waals surface area contributed by atoms with Gasteiger partial charge in [0.2, 0.25) is 5.91 Å². The minimum absolute atomic E-state index is 0.0510. The highest BCUT2D eigenvalue weighted by molar-refractivity contribution is 6.35. The van der Waals surface area contributed by atoms with Gasteiger partial charge in [0, 0.05) is 21.4 Å². The van der Waals surface area contributed by atoms with Gasteiger partial charge in [-0.25, -0.2) is 4.79 Å². The van der Waals surface area contributed by atoms with Crippen molar-refractivity contribution in [2.75, 3.05) is 24.3 Å². The molecule has 23 heavy (non-hydrogen) atoms. The standard InChI is InChI=1S/C16H14Cl2N2O3/c1-23-16(22)10-2-4-13(5-3-10)20-15(21)9-19-14-7-11(17)6-12(18)8-14/h2-8,19H,9H2,1H3,(H,20,21). The highest BCUT2D eigenvalue weighted by Gasteiger charge is 2.07. The summed E-state index contributed by atoms with van der Waals surface area (Å²) < 4.78 is 4.61. The summed E-state index contributed by atoms with van der Waals surface area (Å²) in [6.07, 6.45) is 0. The van der Waals surface area contributed by atoms with Gasteiger partial charge in [0.15, 0.2) is 0 Å². The number of halogens is 2. The van der Waals surface area contributed by atoms with Crippen LogP contribution in [0.2, 0.25) is 10.0 Å². The summed E-state index contributed by atoms with van der Waals surface area (Å²) >= 11 is 11.8. The van der Waals surface area contributed by atoms with Crippen LogP contribution in [0.25, 0.3) is 0 Å². The number of methoxy groups -OCH3 is 1. The van der Waals surface area contributed by atoms with Crippen molar-refractivity contribution in [3.63, 3.8) is 0 Å². The quantitative estimate of drug-likeness (QED) is 0.802. The Bertz CT molecular complexity index is 698. The molecule has 7 heteroatoms. The molecule has 0 fully saturated rings. The number of nitrogens with one attached hydrogen (secondary N) is 2. The molecule has 5 nitrogen and oxygen atoms in total. The first-order valence-electron chi connectivity index (χ1n) is 6.66. The van der Waals surface area contributed by atoms with Gasteiger partial charge in [-0.15, -0.1) is 0 Å². The van der Waals surface area contributed by atoms with Crippen LogP contribution in [-0.2, 0) is 9.53 Å². The van der Waals surface area contributed by atoms with E-state index < -0.39 is 5.97 Å². The second-order valence-corrected chi connectivity index (χ2v) is 5.50. The maximum absolute atomic E-state index is 11.9. The van der Waals surface area contributed by atoms with Crippen molar-refractivity contribution in [2.24, 2.45) is 0 Å². The van der Waals surface area contributed by atoms with E-state index >= 15 is 0 Å². The summed E-state index contributed by atoms with van der Waals surface area (Å²) in [5, 5.41) is 6.61. The Hall–Kier alpha value is -2.24. The Labute approximate surface area is 143 Å². The molecule has 120 valence electrons. The van der Waals surface area contributed by atoms with Crippen molar-refractivity contribution in [1.82, 2.24) is 0 Å². The van der Waals surface area contributed by atoms with Crippen LogP contribution in [0.5, 0.6) is 0 Å². The number of esters is 1. The Morgan fingerprint density at radius 3 is 2.17 bits per heavy atom. The number of anilines is 2. The third-order valence-electron chi connectivity index (χ3n) is 2.91. The Morgan fingerprint density at radius 2 is 1.61 bits per heavy atom. The van der Waals surface area contributed by atoms with Crippen LogP contribution < -0.4 is 10.6 Å². The predicted octanol–water partition coefficient (Wildman–Crippen LogP) is 3.83. The van der Waals surface area contributed by atoms with Gasteiger partial charge in [-0.05, 0) is 42.5 Å². The molecule has 0 atom stereocenters. The number of amides is 1. The highest BCUT2D eigenvalue weighted by atomic mass is 35.5. The lowest BCUT2D eigenvalue weighted by atomic mass is 10.2. The van der Waals surface area contributed by atoms with Crippen LogP contribution in [-0.4, -0.2) is 25.5 Å². The Balaban J connectivity index is 1.90. The third-order valence-corrected chi connectivity index (χ3v) is 3.34. The van der Waals surface area contributed by atoms with Crippen LogP contribution in [0.1, 0.15) is 10.4 Å². The SMILES string of the molecule is COC(=O)c1ccc(NC(=O)CNc2cc(Cl)cc(Cl)c2)cc1. The van der Waals surface area contributed by atoms with Crippen molar-refractivity contribution >= 4 is 46.5 Å². The second kappa shape index (κ2) is 7.85. The zero-order chi connectivity index (χ0) is 16.8. The highest BCUT2D eigenvalue weighted by Crippen LogP contribution is 2.22. The number of rotatable bonds is 5. The maximum atomic E-state index is 11.9. The average molecular weight is 353 g/mol. The van der Waals surface area contributed by atoms with Crippen LogP contribution >= 0.6 is 23.2 Å². The molecule has 0 aliphatic heterocycles. The molecule has 1 amide bonds. The lowest BCUT2D eigenvalue weighted by molar-refractivity contribution is -0.114. The van der Waals surface area contributed by atoms with Crippen molar-refractivity contribution < 1.29 is 14.3 Å². The molecule has 0 aliphatic rings. The number of carbonyl (C=O) groups excluding carboxylic acids is 2. The monoisotopic (exact) mass is 352 g/mol. The molecule has 0 aromatic heterocycles. The molecular formula is C16H14Cl2N2O3. The largest absolute Gasteiger partial charge is 0.465 e. The minimum Gasteiger partial charge on any atom is -0.465 e. The zero-order valence-corrected chi connectivity index (χ0v) is 13.7. The van der Waals surface area contributed by atoms with E-state index in [1.165, 1.54) is 7.11 Å². The fraction of sp³-hybridized carbons (Fsp3) is 0.125. The average Bonchev–Trinajstić information content (AvgIpc) is 2.52. The first-order valence-corrected chi connectivity index (χ1v) is 7.42. The van der Waals surface area contributed by atoms with Crippen LogP contribution in [0.15, 0.2) is 42.5 Å². The van der Waals surface area contributed by atoms with Crippen molar-refractivity contribution in [3.05, 3.63) is 58.1 Å². The molecule has 0 radical (unpaired) electrons. The molecule has 2 N–H and O–H groups in total. The molecule has 0 unspecified atom stereocenters. The number of hydrogen-bond acceptors (Lipinski definition) is 4. The first-order chi connectivity index (χ1) is 11.0. The summed E-state index contributed by atoms with van der Waals surface area (Å²) in [7, 11) is 1.31. The smallest absolute Gasteiger partial charge is 0.337 e. The molecule has 2 aromatic carbocycles. The van der Waals surface area contributed by atoms with E-state index in [-0.39, 0.29) is 12.5 Å². The van der Waals surface area contributed by atoms with Crippen molar-refractivity contribution in [3.8, 4) is 0 Å². The number of benzene rings is 2. The van der Waals surface area contributed by atoms with E-state index in [0.29, 0.717) is 27.0 Å². The summed E-state index contributed by atoms with van der Waals surface area (Å²) in [6, 6.07) is 11.4. The summed E-state index contributed by atoms with van der Waals surface area (Å²) in [5.74, 6) is -0.672. The molecule has 0 aliphatic carbocycles. The van der Waals surface area contributed by atoms with E-state index in [9.17, 15) is 9.59 Å². The topological polar surface area (TPSA) is 67.4 Å². The molecule has 0 saturated carbocycles. The Morgan fingerprint density at radius 1 is 1.00 bits per heavy atom. The predicted molar refractivity (Wildman–Crippen MR) is 91.4 cm³/mol. The fourth-order valence-corrected chi connectivity index (χ4v) is 2.38. The zero-order valence-electron chi connectivity index (χ0n) is 12.2. The van der Waals surface area contributed by atoms with Gasteiger partial charge in [-0.2, -0.15) is 0 Å². The molecule has 0 spiro atoms. The van der Waals surface area contributed by atoms with Gasteiger partial charge in [0.1, 0.15) is 0 Å². The first kappa shape index (κ1) is 17.1. The summed E-state index contributed by atoms with van der Waals surface area (Å²) in [5.41, 5.74) is 1.64. The molecule has 0 bridgehead atoms. The molecular weight excluding hydrogens is 339 g/mol. The fourth-order valence-electron chi connectivity index (χ4n) is 1.85. The van der Waals surface area contributed by atoms with E-state index in [2.05, 4.69) is 15.4 Å². The summed E-state index contributed by atoms with van der Waals surface area (Å²) in [4.78, 5) is 23.2. The second-order valence-electron chi connectivity index (χ2n) is 4.63. The van der Waals surface area contributed by atoms with Crippen LogP contribution in [0, 0.1) is 0 Å². The molecule has 0 heterocycles. The van der Waals surface area contributed by atoms with E-state index in [0.717, 1.165) is 0 Å². The van der Waals surface area contributed by atoms with Gasteiger partial charge in [-0.3, -0.25) is 4.79 Å². The Kier molecular flexibility index (Phi) is 5.84. The van der Waals surface area contributed by atoms with Gasteiger partial charge in [0.05, 0.1) is 19.2 Å². The number of hydrogen-bond donors (Lipinski definition) is 2. The van der Waals surface area contributed by atoms with Gasteiger partial charge in [-0.1, -0.05) is 23.2 Å². The normalized spacial score (nSPS) is 10.0. The van der Waals surface area contributed by atoms with Crippen LogP contribution in [0.3, 0.4) is 0 Å². The van der Waals surface area contributed by atoms with Crippen molar-refractivity contribution in [2.45, 2.75) is 0 Å².